The molecule has 0 atom stereocenters. The van der Waals surface area contributed by atoms with E-state index in [0.717, 1.165) is 67.2 Å². The van der Waals surface area contributed by atoms with Crippen LogP contribution in [-0.4, -0.2) is 49.3 Å². The maximum Gasteiger partial charge on any atom is 0.194 e. The molecule has 0 saturated carbocycles. The van der Waals surface area contributed by atoms with Crippen molar-refractivity contribution in [3.05, 3.63) is 39.7 Å². The molecule has 2 aromatic rings. The molecular weight excluding hydrogens is 302 g/mol. The number of benzene rings is 1. The minimum Gasteiger partial charge on any atom is -0.378 e. The largest absolute Gasteiger partial charge is 0.378 e. The fourth-order valence-corrected chi connectivity index (χ4v) is 3.32. The van der Waals surface area contributed by atoms with Gasteiger partial charge in [-0.15, -0.1) is 0 Å². The zero-order valence-electron chi connectivity index (χ0n) is 14.9. The molecule has 0 unspecified atom stereocenters. The van der Waals surface area contributed by atoms with Gasteiger partial charge in [-0.25, -0.2) is 0 Å². The predicted molar refractivity (Wildman–Crippen MR) is 99.0 cm³/mol. The molecule has 1 aliphatic heterocycles. The molecule has 2 heterocycles. The standard InChI is InChI=1S/C19H27N3O2/c1-4-21(5-2)13-17-14(3)20-18-7-6-15(12-16(18)19(17)23)22-8-10-24-11-9-22/h6-7,12H,4-5,8-11,13H2,1-3H3,(H,20,23). The van der Waals surface area contributed by atoms with Gasteiger partial charge in [0.25, 0.3) is 0 Å². The molecule has 0 amide bonds. The lowest BCUT2D eigenvalue weighted by molar-refractivity contribution is 0.122. The van der Waals surface area contributed by atoms with Crippen molar-refractivity contribution in [3.8, 4) is 0 Å². The Morgan fingerprint density at radius 2 is 1.92 bits per heavy atom. The van der Waals surface area contributed by atoms with E-state index in [1.165, 1.54) is 0 Å². The SMILES string of the molecule is CCN(CC)Cc1c(C)[nH]c2ccc(N3CCOCC3)cc2c1=O. The molecule has 1 saturated heterocycles. The van der Waals surface area contributed by atoms with Gasteiger partial charge in [0.1, 0.15) is 0 Å². The first kappa shape index (κ1) is 17.0. The van der Waals surface area contributed by atoms with Gasteiger partial charge in [-0.2, -0.15) is 0 Å². The first-order valence-corrected chi connectivity index (χ1v) is 8.84. The second-order valence-corrected chi connectivity index (χ2v) is 6.35. The van der Waals surface area contributed by atoms with Crippen LogP contribution in [0.2, 0.25) is 0 Å². The normalized spacial score (nSPS) is 15.4. The van der Waals surface area contributed by atoms with E-state index >= 15 is 0 Å². The number of fused-ring (bicyclic) bond motifs is 1. The average Bonchev–Trinajstić information content (AvgIpc) is 2.62. The van der Waals surface area contributed by atoms with E-state index in [2.05, 4.69) is 34.7 Å². The summed E-state index contributed by atoms with van der Waals surface area (Å²) >= 11 is 0. The van der Waals surface area contributed by atoms with Crippen LogP contribution in [0.3, 0.4) is 0 Å². The number of aryl methyl sites for hydroxylation is 1. The van der Waals surface area contributed by atoms with Gasteiger partial charge in [-0.05, 0) is 38.2 Å². The van der Waals surface area contributed by atoms with E-state index in [-0.39, 0.29) is 5.43 Å². The second kappa shape index (κ2) is 7.36. The fraction of sp³-hybridized carbons (Fsp3) is 0.526. The summed E-state index contributed by atoms with van der Waals surface area (Å²) in [5, 5.41) is 0.784. The summed E-state index contributed by atoms with van der Waals surface area (Å²) in [4.78, 5) is 21.0. The summed E-state index contributed by atoms with van der Waals surface area (Å²) in [6, 6.07) is 6.15. The van der Waals surface area contributed by atoms with Crippen molar-refractivity contribution in [2.24, 2.45) is 0 Å². The number of H-pyrrole nitrogens is 1. The number of nitrogens with one attached hydrogen (secondary N) is 1. The van der Waals surface area contributed by atoms with Crippen LogP contribution in [0, 0.1) is 6.92 Å². The molecule has 0 bridgehead atoms. The molecule has 1 aromatic heterocycles. The number of pyridine rings is 1. The highest BCUT2D eigenvalue weighted by Gasteiger charge is 2.15. The van der Waals surface area contributed by atoms with Crippen molar-refractivity contribution >= 4 is 16.6 Å². The molecule has 1 aliphatic rings. The van der Waals surface area contributed by atoms with E-state index in [4.69, 9.17) is 4.74 Å². The molecule has 1 fully saturated rings. The van der Waals surface area contributed by atoms with Crippen LogP contribution in [0.5, 0.6) is 0 Å². The summed E-state index contributed by atoms with van der Waals surface area (Å²) in [5.41, 5.74) is 4.03. The summed E-state index contributed by atoms with van der Waals surface area (Å²) in [5.74, 6) is 0. The second-order valence-electron chi connectivity index (χ2n) is 6.35. The molecule has 3 rings (SSSR count). The third kappa shape index (κ3) is 3.32. The molecule has 24 heavy (non-hydrogen) atoms. The van der Waals surface area contributed by atoms with E-state index in [1.54, 1.807) is 0 Å². The van der Waals surface area contributed by atoms with Crippen LogP contribution < -0.4 is 10.3 Å². The predicted octanol–water partition coefficient (Wildman–Crippen LogP) is 2.51. The van der Waals surface area contributed by atoms with Crippen LogP contribution in [0.15, 0.2) is 23.0 Å². The third-order valence-corrected chi connectivity index (χ3v) is 4.95. The van der Waals surface area contributed by atoms with Gasteiger partial charge in [0.05, 0.1) is 13.2 Å². The summed E-state index contributed by atoms with van der Waals surface area (Å²) < 4.78 is 5.42. The zero-order chi connectivity index (χ0) is 17.1. The Labute approximate surface area is 143 Å². The highest BCUT2D eigenvalue weighted by molar-refractivity contribution is 5.83. The van der Waals surface area contributed by atoms with Gasteiger partial charge < -0.3 is 14.6 Å². The molecule has 5 heteroatoms. The van der Waals surface area contributed by atoms with E-state index in [9.17, 15) is 4.79 Å². The topological polar surface area (TPSA) is 48.6 Å². The van der Waals surface area contributed by atoms with Crippen LogP contribution in [0.4, 0.5) is 5.69 Å². The maximum atomic E-state index is 13.1. The molecule has 0 aliphatic carbocycles. The number of anilines is 1. The van der Waals surface area contributed by atoms with Gasteiger partial charge in [-0.3, -0.25) is 9.69 Å². The van der Waals surface area contributed by atoms with Crippen molar-refractivity contribution in [1.29, 1.82) is 0 Å². The number of hydrogen-bond acceptors (Lipinski definition) is 4. The lowest BCUT2D eigenvalue weighted by Gasteiger charge is -2.29. The first-order chi connectivity index (χ1) is 11.6. The Kier molecular flexibility index (Phi) is 5.21. The van der Waals surface area contributed by atoms with Gasteiger partial charge in [0, 0.05) is 47.5 Å². The maximum absolute atomic E-state index is 13.1. The van der Waals surface area contributed by atoms with Crippen molar-refractivity contribution < 1.29 is 4.74 Å². The van der Waals surface area contributed by atoms with Gasteiger partial charge in [0.2, 0.25) is 0 Å². The smallest absolute Gasteiger partial charge is 0.194 e. The van der Waals surface area contributed by atoms with Crippen molar-refractivity contribution in [2.75, 3.05) is 44.3 Å². The molecule has 0 radical (unpaired) electrons. The lowest BCUT2D eigenvalue weighted by Crippen LogP contribution is -2.36. The number of aromatic nitrogens is 1. The van der Waals surface area contributed by atoms with Crippen LogP contribution >= 0.6 is 0 Å². The Morgan fingerprint density at radius 3 is 2.58 bits per heavy atom. The molecule has 5 nitrogen and oxygen atoms in total. The van der Waals surface area contributed by atoms with Gasteiger partial charge in [-0.1, -0.05) is 13.8 Å². The van der Waals surface area contributed by atoms with E-state index < -0.39 is 0 Å². The Hall–Kier alpha value is -1.85. The highest BCUT2D eigenvalue weighted by Crippen LogP contribution is 2.21. The highest BCUT2D eigenvalue weighted by atomic mass is 16.5. The van der Waals surface area contributed by atoms with Gasteiger partial charge >= 0.3 is 0 Å². The Balaban J connectivity index is 2.02. The molecular formula is C19H27N3O2. The Bertz CT molecular complexity index is 759. The summed E-state index contributed by atoms with van der Waals surface area (Å²) in [6.07, 6.45) is 0. The molecule has 0 spiro atoms. The first-order valence-electron chi connectivity index (χ1n) is 8.84. The van der Waals surface area contributed by atoms with E-state index in [1.807, 2.05) is 19.1 Å². The van der Waals surface area contributed by atoms with Crippen molar-refractivity contribution in [3.63, 3.8) is 0 Å². The number of rotatable bonds is 5. The zero-order valence-corrected chi connectivity index (χ0v) is 14.9. The fourth-order valence-electron chi connectivity index (χ4n) is 3.32. The molecule has 1 N–H and O–H groups in total. The van der Waals surface area contributed by atoms with Crippen molar-refractivity contribution in [2.45, 2.75) is 27.3 Å². The number of ether oxygens (including phenoxy) is 1. The van der Waals surface area contributed by atoms with Crippen LogP contribution in [0.1, 0.15) is 25.1 Å². The third-order valence-electron chi connectivity index (χ3n) is 4.95. The average molecular weight is 329 g/mol. The minimum atomic E-state index is 0.156. The summed E-state index contributed by atoms with van der Waals surface area (Å²) in [6.45, 7) is 12.1. The lowest BCUT2D eigenvalue weighted by atomic mass is 10.1. The number of nitrogens with zero attached hydrogens (tertiary/aromatic N) is 2. The van der Waals surface area contributed by atoms with Crippen LogP contribution in [-0.2, 0) is 11.3 Å². The molecule has 130 valence electrons. The Morgan fingerprint density at radius 1 is 1.21 bits per heavy atom. The minimum absolute atomic E-state index is 0.156. The molecule has 1 aromatic carbocycles. The number of aromatic amines is 1. The monoisotopic (exact) mass is 329 g/mol. The van der Waals surface area contributed by atoms with Crippen LogP contribution in [0.25, 0.3) is 10.9 Å². The number of hydrogen-bond donors (Lipinski definition) is 1. The van der Waals surface area contributed by atoms with Gasteiger partial charge in [0.15, 0.2) is 5.43 Å². The number of morpholine rings is 1. The quantitative estimate of drug-likeness (QED) is 0.916. The summed E-state index contributed by atoms with van der Waals surface area (Å²) in [7, 11) is 0. The van der Waals surface area contributed by atoms with E-state index in [0.29, 0.717) is 6.54 Å². The van der Waals surface area contributed by atoms with Crippen molar-refractivity contribution in [1.82, 2.24) is 9.88 Å².